The Bertz CT molecular complexity index is 407. The highest BCUT2D eigenvalue weighted by atomic mass is 35.5. The number of amides is 1. The standard InChI is InChI=1S/C12H15Cl2NO2/c1-7(2)15-12(16)8(3)17-10-6-4-5-9(13)11(10)14/h4-8H,1-3H3,(H,15,16). The molecule has 0 aliphatic rings. The van der Waals surface area contributed by atoms with Crippen molar-refractivity contribution in [2.75, 3.05) is 0 Å². The van der Waals surface area contributed by atoms with Gasteiger partial charge in [-0.05, 0) is 32.9 Å². The molecule has 1 atom stereocenters. The van der Waals surface area contributed by atoms with Gasteiger partial charge in [-0.25, -0.2) is 0 Å². The molecule has 0 saturated heterocycles. The van der Waals surface area contributed by atoms with Crippen molar-refractivity contribution in [2.45, 2.75) is 32.9 Å². The molecule has 0 saturated carbocycles. The molecule has 5 heteroatoms. The number of benzene rings is 1. The Labute approximate surface area is 111 Å². The molecule has 0 spiro atoms. The largest absolute Gasteiger partial charge is 0.479 e. The zero-order valence-corrected chi connectivity index (χ0v) is 11.5. The first-order valence-corrected chi connectivity index (χ1v) is 6.08. The topological polar surface area (TPSA) is 38.3 Å². The Morgan fingerprint density at radius 2 is 1.94 bits per heavy atom. The predicted molar refractivity (Wildman–Crippen MR) is 69.8 cm³/mol. The molecule has 0 radical (unpaired) electrons. The van der Waals surface area contributed by atoms with Gasteiger partial charge in [-0.3, -0.25) is 4.79 Å². The van der Waals surface area contributed by atoms with Crippen LogP contribution in [0.2, 0.25) is 10.0 Å². The molecule has 0 fully saturated rings. The van der Waals surface area contributed by atoms with E-state index in [0.29, 0.717) is 15.8 Å². The van der Waals surface area contributed by atoms with E-state index < -0.39 is 6.10 Å². The number of hydrogen-bond donors (Lipinski definition) is 1. The molecule has 0 aliphatic carbocycles. The lowest BCUT2D eigenvalue weighted by atomic mass is 10.3. The second-order valence-corrected chi connectivity index (χ2v) is 4.76. The summed E-state index contributed by atoms with van der Waals surface area (Å²) in [6.07, 6.45) is -0.617. The first-order valence-electron chi connectivity index (χ1n) is 5.33. The summed E-state index contributed by atoms with van der Waals surface area (Å²) in [6.45, 7) is 5.43. The second kappa shape index (κ2) is 6.12. The molecule has 1 rings (SSSR count). The summed E-state index contributed by atoms with van der Waals surface area (Å²) in [5.41, 5.74) is 0. The average Bonchev–Trinajstić information content (AvgIpc) is 2.23. The van der Waals surface area contributed by atoms with Crippen LogP contribution in [0.15, 0.2) is 18.2 Å². The Hall–Kier alpha value is -0.930. The van der Waals surface area contributed by atoms with E-state index in [4.69, 9.17) is 27.9 Å². The Balaban J connectivity index is 2.71. The quantitative estimate of drug-likeness (QED) is 0.916. The molecule has 0 heterocycles. The van der Waals surface area contributed by atoms with Crippen LogP contribution in [0.3, 0.4) is 0 Å². The Morgan fingerprint density at radius 3 is 2.53 bits per heavy atom. The number of carbonyl (C=O) groups excluding carboxylic acids is 1. The van der Waals surface area contributed by atoms with Gasteiger partial charge in [0, 0.05) is 6.04 Å². The van der Waals surface area contributed by atoms with Crippen LogP contribution in [0, 0.1) is 0 Å². The SMILES string of the molecule is CC(C)NC(=O)C(C)Oc1cccc(Cl)c1Cl. The summed E-state index contributed by atoms with van der Waals surface area (Å²) < 4.78 is 5.46. The minimum atomic E-state index is -0.617. The molecule has 1 N–H and O–H groups in total. The smallest absolute Gasteiger partial charge is 0.260 e. The highest BCUT2D eigenvalue weighted by Crippen LogP contribution is 2.31. The molecule has 1 unspecified atom stereocenters. The predicted octanol–water partition coefficient (Wildman–Crippen LogP) is 3.29. The number of halogens is 2. The Morgan fingerprint density at radius 1 is 1.29 bits per heavy atom. The van der Waals surface area contributed by atoms with Crippen LogP contribution >= 0.6 is 23.2 Å². The van der Waals surface area contributed by atoms with Gasteiger partial charge in [-0.15, -0.1) is 0 Å². The third-order valence-corrected chi connectivity index (χ3v) is 2.82. The van der Waals surface area contributed by atoms with Crippen LogP contribution in [-0.4, -0.2) is 18.1 Å². The van der Waals surface area contributed by atoms with Gasteiger partial charge in [0.15, 0.2) is 6.10 Å². The fourth-order valence-electron chi connectivity index (χ4n) is 1.22. The van der Waals surface area contributed by atoms with E-state index in [-0.39, 0.29) is 11.9 Å². The lowest BCUT2D eigenvalue weighted by Crippen LogP contribution is -2.40. The van der Waals surface area contributed by atoms with Crippen molar-refractivity contribution in [1.82, 2.24) is 5.32 Å². The summed E-state index contributed by atoms with van der Waals surface area (Å²) in [5, 5.41) is 3.48. The third kappa shape index (κ3) is 4.10. The molecule has 0 aliphatic heterocycles. The van der Waals surface area contributed by atoms with Gasteiger partial charge in [0.05, 0.1) is 5.02 Å². The van der Waals surface area contributed by atoms with Gasteiger partial charge in [0.2, 0.25) is 0 Å². The zero-order valence-electron chi connectivity index (χ0n) is 9.96. The van der Waals surface area contributed by atoms with Gasteiger partial charge < -0.3 is 10.1 Å². The monoisotopic (exact) mass is 275 g/mol. The first kappa shape index (κ1) is 14.1. The lowest BCUT2D eigenvalue weighted by Gasteiger charge is -2.17. The maximum absolute atomic E-state index is 11.6. The van der Waals surface area contributed by atoms with E-state index >= 15 is 0 Å². The summed E-state index contributed by atoms with van der Waals surface area (Å²) in [5.74, 6) is 0.224. The van der Waals surface area contributed by atoms with Crippen LogP contribution < -0.4 is 10.1 Å². The normalized spacial score (nSPS) is 12.4. The summed E-state index contributed by atoms with van der Waals surface area (Å²) in [6, 6.07) is 5.13. The first-order chi connectivity index (χ1) is 7.91. The van der Waals surface area contributed by atoms with Gasteiger partial charge in [0.25, 0.3) is 5.91 Å². The van der Waals surface area contributed by atoms with Gasteiger partial charge >= 0.3 is 0 Å². The minimum absolute atomic E-state index is 0.0726. The third-order valence-electron chi connectivity index (χ3n) is 2.02. The van der Waals surface area contributed by atoms with Crippen LogP contribution in [-0.2, 0) is 4.79 Å². The summed E-state index contributed by atoms with van der Waals surface area (Å²) in [4.78, 5) is 11.6. The van der Waals surface area contributed by atoms with E-state index in [2.05, 4.69) is 5.32 Å². The molecule has 1 aromatic rings. The van der Waals surface area contributed by atoms with Crippen molar-refractivity contribution in [2.24, 2.45) is 0 Å². The van der Waals surface area contributed by atoms with E-state index in [0.717, 1.165) is 0 Å². The van der Waals surface area contributed by atoms with Crippen molar-refractivity contribution in [3.63, 3.8) is 0 Å². The number of hydrogen-bond acceptors (Lipinski definition) is 2. The molecule has 17 heavy (non-hydrogen) atoms. The van der Waals surface area contributed by atoms with E-state index in [1.807, 2.05) is 13.8 Å². The fourth-order valence-corrected chi connectivity index (χ4v) is 1.56. The van der Waals surface area contributed by atoms with Crippen molar-refractivity contribution >= 4 is 29.1 Å². The molecule has 0 bridgehead atoms. The van der Waals surface area contributed by atoms with E-state index in [9.17, 15) is 4.79 Å². The van der Waals surface area contributed by atoms with Crippen molar-refractivity contribution in [1.29, 1.82) is 0 Å². The molecule has 1 amide bonds. The van der Waals surface area contributed by atoms with Gasteiger partial charge in [-0.1, -0.05) is 29.3 Å². The van der Waals surface area contributed by atoms with Crippen LogP contribution in [0.1, 0.15) is 20.8 Å². The van der Waals surface area contributed by atoms with Crippen LogP contribution in [0.25, 0.3) is 0 Å². The highest BCUT2D eigenvalue weighted by Gasteiger charge is 2.17. The van der Waals surface area contributed by atoms with Crippen molar-refractivity contribution < 1.29 is 9.53 Å². The number of carbonyl (C=O) groups is 1. The maximum Gasteiger partial charge on any atom is 0.260 e. The van der Waals surface area contributed by atoms with Crippen molar-refractivity contribution in [3.05, 3.63) is 28.2 Å². The molecular weight excluding hydrogens is 261 g/mol. The maximum atomic E-state index is 11.6. The number of ether oxygens (including phenoxy) is 1. The van der Waals surface area contributed by atoms with E-state index in [1.54, 1.807) is 25.1 Å². The van der Waals surface area contributed by atoms with Crippen LogP contribution in [0.5, 0.6) is 5.75 Å². The molecule has 0 aromatic heterocycles. The van der Waals surface area contributed by atoms with E-state index in [1.165, 1.54) is 0 Å². The summed E-state index contributed by atoms with van der Waals surface area (Å²) in [7, 11) is 0. The number of nitrogens with one attached hydrogen (secondary N) is 1. The molecule has 1 aromatic carbocycles. The zero-order chi connectivity index (χ0) is 13.0. The lowest BCUT2D eigenvalue weighted by molar-refractivity contribution is -0.127. The molecular formula is C12H15Cl2NO2. The minimum Gasteiger partial charge on any atom is -0.479 e. The van der Waals surface area contributed by atoms with Gasteiger partial charge in [0.1, 0.15) is 10.8 Å². The van der Waals surface area contributed by atoms with Crippen molar-refractivity contribution in [3.8, 4) is 5.75 Å². The van der Waals surface area contributed by atoms with Gasteiger partial charge in [-0.2, -0.15) is 0 Å². The fraction of sp³-hybridized carbons (Fsp3) is 0.417. The second-order valence-electron chi connectivity index (χ2n) is 3.98. The average molecular weight is 276 g/mol. The molecule has 3 nitrogen and oxygen atoms in total. The Kier molecular flexibility index (Phi) is 5.09. The molecule has 94 valence electrons. The number of rotatable bonds is 4. The highest BCUT2D eigenvalue weighted by molar-refractivity contribution is 6.42. The van der Waals surface area contributed by atoms with Crippen LogP contribution in [0.4, 0.5) is 0 Å². The summed E-state index contributed by atoms with van der Waals surface area (Å²) >= 11 is 11.8.